The van der Waals surface area contributed by atoms with E-state index in [0.29, 0.717) is 22.6 Å². The van der Waals surface area contributed by atoms with Gasteiger partial charge in [-0.05, 0) is 55.0 Å². The molecule has 8 heteroatoms. The van der Waals surface area contributed by atoms with Crippen molar-refractivity contribution in [3.8, 4) is 0 Å². The normalized spacial score (nSPS) is 10.7. The highest BCUT2D eigenvalue weighted by atomic mass is 16.5. The van der Waals surface area contributed by atoms with Gasteiger partial charge in [0.1, 0.15) is 12.3 Å². The van der Waals surface area contributed by atoms with Crippen LogP contribution >= 0.6 is 0 Å². The fraction of sp³-hybridized carbons (Fsp3) is 0.0909. The van der Waals surface area contributed by atoms with E-state index in [2.05, 4.69) is 10.3 Å². The number of nitrogens with one attached hydrogen (secondary N) is 1. The molecular formula is C22H17N3O5. The molecule has 150 valence electrons. The number of carbonyl (C=O) groups is 2. The van der Waals surface area contributed by atoms with Gasteiger partial charge in [-0.1, -0.05) is 6.07 Å². The van der Waals surface area contributed by atoms with Gasteiger partial charge in [0.15, 0.2) is 5.76 Å². The molecule has 0 aliphatic carbocycles. The van der Waals surface area contributed by atoms with Gasteiger partial charge in [-0.25, -0.2) is 9.78 Å². The lowest BCUT2D eigenvalue weighted by Crippen LogP contribution is -2.17. The molecule has 1 N–H and O–H groups in total. The molecule has 1 amide bonds. The number of esters is 1. The Balaban J connectivity index is 1.40. The number of furan rings is 1. The summed E-state index contributed by atoms with van der Waals surface area (Å²) in [5.41, 5.74) is 2.35. The van der Waals surface area contributed by atoms with Gasteiger partial charge >= 0.3 is 5.97 Å². The zero-order chi connectivity index (χ0) is 21.1. The second kappa shape index (κ2) is 8.04. The molecule has 3 heterocycles. The maximum Gasteiger partial charge on any atom is 0.338 e. The van der Waals surface area contributed by atoms with Crippen LogP contribution in [0.25, 0.3) is 5.65 Å². The first-order chi connectivity index (χ1) is 14.5. The number of hydrogen-bond acceptors (Lipinski definition) is 6. The van der Waals surface area contributed by atoms with Gasteiger partial charge in [0, 0.05) is 18.0 Å². The average Bonchev–Trinajstić information content (AvgIpc) is 3.28. The van der Waals surface area contributed by atoms with Gasteiger partial charge in [-0.2, -0.15) is 0 Å². The van der Waals surface area contributed by atoms with E-state index in [9.17, 15) is 14.4 Å². The van der Waals surface area contributed by atoms with Crippen LogP contribution in [0.15, 0.2) is 76.3 Å². The van der Waals surface area contributed by atoms with Gasteiger partial charge in [0.2, 0.25) is 0 Å². The van der Waals surface area contributed by atoms with E-state index in [1.807, 2.05) is 13.0 Å². The summed E-state index contributed by atoms with van der Waals surface area (Å²) in [6.45, 7) is 1.75. The zero-order valence-corrected chi connectivity index (χ0v) is 16.0. The number of ether oxygens (including phenoxy) is 1. The Morgan fingerprint density at radius 1 is 1.13 bits per heavy atom. The molecule has 3 aromatic heterocycles. The molecule has 0 atom stereocenters. The van der Waals surface area contributed by atoms with Crippen molar-refractivity contribution in [3.05, 3.63) is 100.0 Å². The number of nitrogens with zero attached hydrogens (tertiary/aromatic N) is 2. The molecule has 0 unspecified atom stereocenters. The highest BCUT2D eigenvalue weighted by molar-refractivity contribution is 6.02. The van der Waals surface area contributed by atoms with Crippen LogP contribution in [-0.2, 0) is 11.3 Å². The summed E-state index contributed by atoms with van der Waals surface area (Å²) >= 11 is 0. The first-order valence-corrected chi connectivity index (χ1v) is 9.10. The van der Waals surface area contributed by atoms with Crippen LogP contribution in [-0.4, -0.2) is 21.3 Å². The number of aryl methyl sites for hydroxylation is 1. The summed E-state index contributed by atoms with van der Waals surface area (Å²) in [6, 6.07) is 14.3. The Labute approximate surface area is 170 Å². The van der Waals surface area contributed by atoms with Crippen molar-refractivity contribution in [2.75, 3.05) is 5.32 Å². The number of anilines is 1. The second-order valence-corrected chi connectivity index (χ2v) is 6.61. The monoisotopic (exact) mass is 403 g/mol. The van der Waals surface area contributed by atoms with Crippen LogP contribution in [0.1, 0.15) is 32.2 Å². The fourth-order valence-corrected chi connectivity index (χ4v) is 2.85. The number of benzene rings is 1. The Morgan fingerprint density at radius 3 is 2.67 bits per heavy atom. The maximum atomic E-state index is 12.3. The van der Waals surface area contributed by atoms with Crippen LogP contribution in [0, 0.1) is 6.92 Å². The summed E-state index contributed by atoms with van der Waals surface area (Å²) in [6.07, 6.45) is 3.11. The minimum Gasteiger partial charge on any atom is -0.459 e. The zero-order valence-electron chi connectivity index (χ0n) is 16.0. The number of carbonyl (C=O) groups excluding carboxylic acids is 2. The minimum absolute atomic E-state index is 0.130. The molecule has 0 saturated heterocycles. The van der Waals surface area contributed by atoms with Crippen LogP contribution in [0.4, 0.5) is 5.69 Å². The number of pyridine rings is 1. The first-order valence-electron chi connectivity index (χ1n) is 9.10. The first kappa shape index (κ1) is 19.1. The fourth-order valence-electron chi connectivity index (χ4n) is 2.85. The van der Waals surface area contributed by atoms with E-state index in [1.54, 1.807) is 36.5 Å². The van der Waals surface area contributed by atoms with Gasteiger partial charge in [0.25, 0.3) is 11.5 Å². The topological polar surface area (TPSA) is 103 Å². The lowest BCUT2D eigenvalue weighted by atomic mass is 10.2. The molecule has 8 nitrogen and oxygen atoms in total. The van der Waals surface area contributed by atoms with Crippen LogP contribution in [0.5, 0.6) is 0 Å². The molecule has 1 aromatic carbocycles. The molecule has 30 heavy (non-hydrogen) atoms. The molecule has 0 saturated carbocycles. The molecular weight excluding hydrogens is 386 g/mol. The second-order valence-electron chi connectivity index (χ2n) is 6.61. The Kier molecular flexibility index (Phi) is 5.13. The Bertz CT molecular complexity index is 1270. The smallest absolute Gasteiger partial charge is 0.338 e. The van der Waals surface area contributed by atoms with Crippen LogP contribution in [0.3, 0.4) is 0 Å². The molecule has 4 rings (SSSR count). The number of amides is 1. The molecule has 0 radical (unpaired) electrons. The van der Waals surface area contributed by atoms with E-state index in [0.717, 1.165) is 5.56 Å². The summed E-state index contributed by atoms with van der Waals surface area (Å²) in [7, 11) is 0. The van der Waals surface area contributed by atoms with Crippen molar-refractivity contribution in [1.29, 1.82) is 0 Å². The maximum absolute atomic E-state index is 12.3. The van der Waals surface area contributed by atoms with Crippen molar-refractivity contribution in [1.82, 2.24) is 9.38 Å². The summed E-state index contributed by atoms with van der Waals surface area (Å²) < 4.78 is 11.7. The summed E-state index contributed by atoms with van der Waals surface area (Å²) in [5, 5.41) is 2.66. The van der Waals surface area contributed by atoms with Gasteiger partial charge in [-0.3, -0.25) is 14.0 Å². The molecule has 0 aliphatic heterocycles. The minimum atomic E-state index is -0.565. The van der Waals surface area contributed by atoms with Gasteiger partial charge < -0.3 is 14.5 Å². The number of rotatable bonds is 5. The lowest BCUT2D eigenvalue weighted by molar-refractivity contribution is 0.0467. The SMILES string of the molecule is Cc1ccc2nc(COC(=O)c3ccc(NC(=O)c4ccco4)cc3)cc(=O)n2c1. The summed E-state index contributed by atoms with van der Waals surface area (Å²) in [5.74, 6) is -0.767. The highest BCUT2D eigenvalue weighted by Crippen LogP contribution is 2.13. The quantitative estimate of drug-likeness (QED) is 0.513. The largest absolute Gasteiger partial charge is 0.459 e. The third-order valence-electron chi connectivity index (χ3n) is 4.34. The molecule has 0 fully saturated rings. The van der Waals surface area contributed by atoms with Crippen molar-refractivity contribution >= 4 is 23.2 Å². The molecule has 0 bridgehead atoms. The number of aromatic nitrogens is 2. The van der Waals surface area contributed by atoms with Gasteiger partial charge in [0.05, 0.1) is 17.5 Å². The lowest BCUT2D eigenvalue weighted by Gasteiger charge is -2.07. The van der Waals surface area contributed by atoms with Crippen LogP contribution in [0.2, 0.25) is 0 Å². The molecule has 0 spiro atoms. The highest BCUT2D eigenvalue weighted by Gasteiger charge is 2.12. The van der Waals surface area contributed by atoms with Crippen molar-refractivity contribution < 1.29 is 18.7 Å². The third kappa shape index (κ3) is 4.12. The standard InChI is InChI=1S/C22H17N3O5/c1-14-4-9-19-23-17(11-20(26)25(19)12-14)13-30-22(28)15-5-7-16(8-6-15)24-21(27)18-3-2-10-29-18/h2-12H,13H2,1H3,(H,24,27). The van der Waals surface area contributed by atoms with Crippen molar-refractivity contribution in [2.45, 2.75) is 13.5 Å². The predicted molar refractivity (Wildman–Crippen MR) is 108 cm³/mol. The molecule has 4 aromatic rings. The number of fused-ring (bicyclic) bond motifs is 1. The van der Waals surface area contributed by atoms with Gasteiger partial charge in [-0.15, -0.1) is 0 Å². The van der Waals surface area contributed by atoms with E-state index in [-0.39, 0.29) is 23.8 Å². The Hall–Kier alpha value is -4.20. The van der Waals surface area contributed by atoms with E-state index < -0.39 is 5.97 Å². The third-order valence-corrected chi connectivity index (χ3v) is 4.34. The summed E-state index contributed by atoms with van der Waals surface area (Å²) in [4.78, 5) is 40.8. The van der Waals surface area contributed by atoms with E-state index in [1.165, 1.54) is 28.9 Å². The molecule has 0 aliphatic rings. The van der Waals surface area contributed by atoms with Crippen molar-refractivity contribution in [3.63, 3.8) is 0 Å². The van der Waals surface area contributed by atoms with E-state index in [4.69, 9.17) is 9.15 Å². The van der Waals surface area contributed by atoms with E-state index >= 15 is 0 Å². The average molecular weight is 403 g/mol. The predicted octanol–water partition coefficient (Wildman–Crippen LogP) is 3.21. The number of hydrogen-bond donors (Lipinski definition) is 1. The van der Waals surface area contributed by atoms with Crippen LogP contribution < -0.4 is 10.9 Å². The Morgan fingerprint density at radius 2 is 1.93 bits per heavy atom. The van der Waals surface area contributed by atoms with Crippen molar-refractivity contribution in [2.24, 2.45) is 0 Å².